The van der Waals surface area contributed by atoms with Crippen LogP contribution in [0.5, 0.6) is 0 Å². The summed E-state index contributed by atoms with van der Waals surface area (Å²) in [6.07, 6.45) is 13.0. The minimum atomic E-state index is -3.17. The Morgan fingerprint density at radius 2 is 1.55 bits per heavy atom. The van der Waals surface area contributed by atoms with E-state index >= 15 is 0 Å². The molecule has 40 heavy (non-hydrogen) atoms. The maximum Gasteiger partial charge on any atom is 0.171 e. The lowest BCUT2D eigenvalue weighted by atomic mass is 9.78. The van der Waals surface area contributed by atoms with E-state index in [4.69, 9.17) is 11.6 Å². The van der Waals surface area contributed by atoms with Crippen LogP contribution in [0.2, 0.25) is 0 Å². The highest BCUT2D eigenvalue weighted by Gasteiger charge is 2.19. The molecule has 2 aromatic rings. The summed E-state index contributed by atoms with van der Waals surface area (Å²) in [7, 11) is 0.815. The van der Waals surface area contributed by atoms with E-state index in [2.05, 4.69) is 23.8 Å². The lowest BCUT2D eigenvalue weighted by Gasteiger charge is -2.27. The molecule has 0 atom stereocenters. The van der Waals surface area contributed by atoms with Crippen molar-refractivity contribution < 1.29 is 13.2 Å². The molecule has 0 N–H and O–H groups in total. The molecular weight excluding hydrogens is 562 g/mol. The van der Waals surface area contributed by atoms with Crippen molar-refractivity contribution in [1.29, 1.82) is 0 Å². The molecule has 1 fully saturated rings. The number of hydrogen-bond donors (Lipinski definition) is 0. The van der Waals surface area contributed by atoms with Crippen LogP contribution in [-0.2, 0) is 14.6 Å². The summed E-state index contributed by atoms with van der Waals surface area (Å²) < 4.78 is 22.0. The molecule has 3 rings (SSSR count). The number of ketones is 1. The van der Waals surface area contributed by atoms with Crippen LogP contribution in [-0.4, -0.2) is 44.5 Å². The number of allylic oxidation sites excluding steroid dienone is 2. The molecule has 9 heteroatoms. The summed E-state index contributed by atoms with van der Waals surface area (Å²) >= 11 is 6.38. The van der Waals surface area contributed by atoms with E-state index in [9.17, 15) is 13.2 Å². The van der Waals surface area contributed by atoms with Crippen LogP contribution in [0.4, 0.5) is 5.82 Å². The van der Waals surface area contributed by atoms with Gasteiger partial charge in [0, 0.05) is 36.2 Å². The van der Waals surface area contributed by atoms with Crippen molar-refractivity contribution in [2.45, 2.75) is 86.0 Å². The molecule has 0 aliphatic heterocycles. The zero-order chi connectivity index (χ0) is 30.3. The quantitative estimate of drug-likeness (QED) is 0.263. The molecule has 0 saturated heterocycles. The number of sulfone groups is 1. The first-order valence-corrected chi connectivity index (χ1v) is 17.3. The molecule has 1 aliphatic carbocycles. The molecule has 6 nitrogen and oxygen atoms in total. The maximum absolute atomic E-state index is 11.0. The predicted molar refractivity (Wildman–Crippen MR) is 175 cm³/mol. The number of Topliss-reactive ketones (excluding diaryl/α,β-unsaturated/α-hetero) is 1. The van der Waals surface area contributed by atoms with E-state index < -0.39 is 9.84 Å². The summed E-state index contributed by atoms with van der Waals surface area (Å²) in [6.45, 7) is 9.38. The number of halogens is 1. The number of anilines is 1. The van der Waals surface area contributed by atoms with Gasteiger partial charge in [0.1, 0.15) is 11.6 Å². The van der Waals surface area contributed by atoms with Crippen molar-refractivity contribution in [2.24, 2.45) is 11.8 Å². The number of fused-ring (bicyclic) bond motifs is 1. The first-order valence-electron chi connectivity index (χ1n) is 14.1. The molecule has 1 aliphatic rings. The number of hydrogen-bond acceptors (Lipinski definition) is 7. The molecule has 1 aromatic heterocycles. The summed E-state index contributed by atoms with van der Waals surface area (Å²) in [4.78, 5) is 22.2. The van der Waals surface area contributed by atoms with Crippen molar-refractivity contribution in [3.63, 3.8) is 0 Å². The van der Waals surface area contributed by atoms with Crippen LogP contribution < -0.4 is 4.90 Å². The molecule has 0 radical (unpaired) electrons. The molecule has 1 saturated carbocycles. The number of nitrogens with zero attached hydrogens (tertiary/aromatic N) is 3. The van der Waals surface area contributed by atoms with Crippen molar-refractivity contribution in [1.82, 2.24) is 9.97 Å². The van der Waals surface area contributed by atoms with Crippen molar-refractivity contribution in [3.05, 3.63) is 50.8 Å². The minimum absolute atomic E-state index is 0.192. The van der Waals surface area contributed by atoms with Crippen LogP contribution in [0.3, 0.4) is 0 Å². The number of carbonyl (C=O) groups excluding carboxylic acids is 1. The number of carbonyl (C=O) groups is 1. The second-order valence-corrected chi connectivity index (χ2v) is 13.9. The molecular formula is C31H48ClN3O3S2. The second-order valence-electron chi connectivity index (χ2n) is 10.6. The molecule has 0 spiro atoms. The van der Waals surface area contributed by atoms with Gasteiger partial charge >= 0.3 is 0 Å². The first kappa shape index (κ1) is 36.1. The summed E-state index contributed by atoms with van der Waals surface area (Å²) in [5.74, 6) is 3.77. The van der Waals surface area contributed by atoms with E-state index in [0.717, 1.165) is 57.9 Å². The van der Waals surface area contributed by atoms with Crippen LogP contribution in [0.25, 0.3) is 10.9 Å². The Bertz CT molecular complexity index is 1220. The number of aromatic nitrogens is 2. The third-order valence-corrected chi connectivity index (χ3v) is 9.78. The smallest absolute Gasteiger partial charge is 0.171 e. The van der Waals surface area contributed by atoms with Crippen LogP contribution >= 0.6 is 23.4 Å². The van der Waals surface area contributed by atoms with Gasteiger partial charge in [-0.15, -0.1) is 0 Å². The van der Waals surface area contributed by atoms with Crippen molar-refractivity contribution >= 4 is 55.7 Å². The van der Waals surface area contributed by atoms with Crippen LogP contribution in [0.15, 0.2) is 45.0 Å². The fourth-order valence-corrected chi connectivity index (χ4v) is 6.22. The lowest BCUT2D eigenvalue weighted by Crippen LogP contribution is -2.14. The number of aryl methyl sites for hydroxylation is 1. The first-order chi connectivity index (χ1) is 18.8. The highest BCUT2D eigenvalue weighted by atomic mass is 35.5. The topological polar surface area (TPSA) is 80.2 Å². The number of para-hydroxylation sites is 1. The van der Waals surface area contributed by atoms with Crippen molar-refractivity contribution in [3.8, 4) is 0 Å². The molecule has 0 amide bonds. The minimum Gasteiger partial charge on any atom is -0.362 e. The van der Waals surface area contributed by atoms with Crippen molar-refractivity contribution in [2.75, 3.05) is 25.3 Å². The Morgan fingerprint density at radius 3 is 1.98 bits per heavy atom. The summed E-state index contributed by atoms with van der Waals surface area (Å²) in [5.41, 5.74) is 2.14. The normalized spacial score (nSPS) is 17.8. The molecule has 1 aromatic carbocycles. The lowest BCUT2D eigenvalue weighted by molar-refractivity contribution is -0.112. The van der Waals surface area contributed by atoms with Gasteiger partial charge in [0.15, 0.2) is 15.6 Å². The van der Waals surface area contributed by atoms with Gasteiger partial charge in [-0.25, -0.2) is 18.4 Å². The standard InChI is InChI=1S/C12H24.C11H13N3.C8H11ClO3S2/c1-3-5-11-7-9-12(6-4-2)10-8-11;1-8-12-10-7-5-4-6-9(10)11(13-8)14(2)3;1-6(14(3,11)12)5-13-8(4-9)7(2)10/h11-12H,3-10H2,1-2H3;4-7H,1-3H3;4-5H,1-3H3/b;;6-5+,8-4+. The van der Waals surface area contributed by atoms with Gasteiger partial charge in [-0.3, -0.25) is 4.79 Å². The SMILES string of the molecule is CC(=O)/C(=C\Cl)S/C=C(\C)S(C)(=O)=O.CCCC1CCC(CCC)CC1.Cc1nc(N(C)C)c2ccccc2n1. The Kier molecular flexibility index (Phi) is 16.7. The Labute approximate surface area is 252 Å². The molecule has 0 bridgehead atoms. The average Bonchev–Trinajstić information content (AvgIpc) is 2.90. The predicted octanol–water partition coefficient (Wildman–Crippen LogP) is 8.69. The van der Waals surface area contributed by atoms with E-state index in [1.165, 1.54) is 70.6 Å². The van der Waals surface area contributed by atoms with Gasteiger partial charge in [0.05, 0.1) is 10.4 Å². The zero-order valence-electron chi connectivity index (χ0n) is 25.5. The van der Waals surface area contributed by atoms with Crippen LogP contribution in [0.1, 0.15) is 84.9 Å². The van der Waals surface area contributed by atoms with Crippen LogP contribution in [0, 0.1) is 18.8 Å². The van der Waals surface area contributed by atoms with E-state index in [1.54, 1.807) is 0 Å². The maximum atomic E-state index is 11.0. The Morgan fingerprint density at radius 1 is 1.02 bits per heavy atom. The van der Waals surface area contributed by atoms with Gasteiger partial charge in [-0.1, -0.05) is 101 Å². The highest BCUT2D eigenvalue weighted by molar-refractivity contribution is 8.07. The van der Waals surface area contributed by atoms with E-state index in [1.807, 2.05) is 50.2 Å². The van der Waals surface area contributed by atoms with E-state index in [-0.39, 0.29) is 10.7 Å². The third-order valence-electron chi connectivity index (χ3n) is 6.86. The summed E-state index contributed by atoms with van der Waals surface area (Å²) in [6, 6.07) is 8.06. The summed E-state index contributed by atoms with van der Waals surface area (Å²) in [5, 5.41) is 2.49. The largest absolute Gasteiger partial charge is 0.362 e. The second kappa shape index (κ2) is 18.5. The fourth-order valence-electron chi connectivity index (χ4n) is 4.56. The van der Waals surface area contributed by atoms with E-state index in [0.29, 0.717) is 4.91 Å². The number of thioether (sulfide) groups is 1. The Hall–Kier alpha value is -1.90. The fraction of sp³-hybridized carbons (Fsp3) is 0.581. The van der Waals surface area contributed by atoms with Gasteiger partial charge in [0.2, 0.25) is 0 Å². The van der Waals surface area contributed by atoms with Gasteiger partial charge in [-0.2, -0.15) is 0 Å². The number of benzene rings is 1. The zero-order valence-corrected chi connectivity index (χ0v) is 27.9. The van der Waals surface area contributed by atoms with Gasteiger partial charge < -0.3 is 4.90 Å². The molecule has 1 heterocycles. The van der Waals surface area contributed by atoms with Gasteiger partial charge in [0.25, 0.3) is 0 Å². The van der Waals surface area contributed by atoms with Gasteiger partial charge in [-0.05, 0) is 50.1 Å². The highest BCUT2D eigenvalue weighted by Crippen LogP contribution is 2.33. The number of rotatable bonds is 9. The third kappa shape index (κ3) is 13.2. The molecule has 0 unspecified atom stereocenters. The monoisotopic (exact) mass is 609 g/mol. The Balaban J connectivity index is 0.000000301. The average molecular weight is 610 g/mol. The molecule has 224 valence electrons.